The van der Waals surface area contributed by atoms with E-state index in [0.29, 0.717) is 0 Å². The predicted molar refractivity (Wildman–Crippen MR) is 79.8 cm³/mol. The van der Waals surface area contributed by atoms with Gasteiger partial charge in [-0.05, 0) is 26.5 Å². The van der Waals surface area contributed by atoms with Gasteiger partial charge in [0.25, 0.3) is 0 Å². The molecule has 0 atom stereocenters. The van der Waals surface area contributed by atoms with Gasteiger partial charge >= 0.3 is 0 Å². The highest BCUT2D eigenvalue weighted by atomic mass is 16.5. The zero-order valence-corrected chi connectivity index (χ0v) is 12.8. The van der Waals surface area contributed by atoms with E-state index in [9.17, 15) is 4.79 Å². The van der Waals surface area contributed by atoms with Crippen LogP contribution in [0.1, 0.15) is 26.3 Å². The normalized spacial score (nSPS) is 16.6. The Bertz CT molecular complexity index is 479. The number of methoxy groups -OCH3 is 1. The maximum atomic E-state index is 12.3. The molecule has 0 radical (unpaired) electrons. The second-order valence-corrected chi connectivity index (χ2v) is 5.86. The van der Waals surface area contributed by atoms with Crippen molar-refractivity contribution < 1.29 is 9.53 Å². The molecule has 1 fully saturated rings. The molecule has 0 aliphatic carbocycles. The number of para-hydroxylation sites is 1. The maximum Gasteiger partial charge on any atom is 0.226 e. The van der Waals surface area contributed by atoms with Gasteiger partial charge in [-0.1, -0.05) is 25.1 Å². The van der Waals surface area contributed by atoms with E-state index in [1.165, 1.54) is 0 Å². The van der Waals surface area contributed by atoms with Crippen molar-refractivity contribution in [3.05, 3.63) is 29.8 Å². The van der Waals surface area contributed by atoms with E-state index in [0.717, 1.165) is 30.9 Å². The van der Waals surface area contributed by atoms with Crippen LogP contribution in [0.25, 0.3) is 0 Å². The molecule has 0 aromatic heterocycles. The summed E-state index contributed by atoms with van der Waals surface area (Å²) in [6, 6.07) is 7.82. The molecule has 1 heterocycles. The minimum Gasteiger partial charge on any atom is -0.496 e. The van der Waals surface area contributed by atoms with Crippen LogP contribution in [0.4, 0.5) is 0 Å². The first-order chi connectivity index (χ1) is 9.47. The Kier molecular flexibility index (Phi) is 4.33. The van der Waals surface area contributed by atoms with Crippen molar-refractivity contribution in [3.63, 3.8) is 0 Å². The molecular formula is C16H24N2O2. The number of ether oxygens (including phenoxy) is 1. The first kappa shape index (κ1) is 14.9. The van der Waals surface area contributed by atoms with Crippen LogP contribution in [-0.2, 0) is 10.3 Å². The lowest BCUT2D eigenvalue weighted by molar-refractivity contribution is -0.131. The third kappa shape index (κ3) is 2.96. The molecule has 1 saturated heterocycles. The van der Waals surface area contributed by atoms with Crippen LogP contribution in [0.5, 0.6) is 5.75 Å². The number of carbonyl (C=O) groups excluding carboxylic acids is 1. The monoisotopic (exact) mass is 276 g/mol. The Morgan fingerprint density at radius 1 is 1.40 bits per heavy atom. The van der Waals surface area contributed by atoms with Crippen molar-refractivity contribution in [2.24, 2.45) is 5.92 Å². The lowest BCUT2D eigenvalue weighted by Gasteiger charge is -2.39. The Morgan fingerprint density at radius 3 is 2.65 bits per heavy atom. The van der Waals surface area contributed by atoms with Crippen LogP contribution in [-0.4, -0.2) is 37.6 Å². The molecule has 1 aromatic carbocycles. The van der Waals surface area contributed by atoms with E-state index in [4.69, 9.17) is 4.74 Å². The molecule has 1 aromatic rings. The average Bonchev–Trinajstić information content (AvgIpc) is 2.37. The summed E-state index contributed by atoms with van der Waals surface area (Å²) in [6.07, 6.45) is 0. The first-order valence-electron chi connectivity index (χ1n) is 7.15. The number of rotatable bonds is 5. The molecule has 0 unspecified atom stereocenters. The summed E-state index contributed by atoms with van der Waals surface area (Å²) < 4.78 is 5.39. The van der Waals surface area contributed by atoms with Crippen molar-refractivity contribution >= 4 is 5.91 Å². The van der Waals surface area contributed by atoms with Gasteiger partial charge in [-0.3, -0.25) is 4.79 Å². The van der Waals surface area contributed by atoms with E-state index in [-0.39, 0.29) is 11.8 Å². The Morgan fingerprint density at radius 2 is 2.05 bits per heavy atom. The second kappa shape index (κ2) is 5.83. The van der Waals surface area contributed by atoms with Crippen LogP contribution in [0.3, 0.4) is 0 Å². The van der Waals surface area contributed by atoms with E-state index >= 15 is 0 Å². The Balaban J connectivity index is 2.05. The van der Waals surface area contributed by atoms with Gasteiger partial charge in [0.1, 0.15) is 5.75 Å². The molecule has 110 valence electrons. The number of benzene rings is 1. The van der Waals surface area contributed by atoms with Crippen LogP contribution in [0.15, 0.2) is 24.3 Å². The zero-order chi connectivity index (χ0) is 14.8. The molecule has 4 nitrogen and oxygen atoms in total. The third-order valence-electron chi connectivity index (χ3n) is 3.99. The lowest BCUT2D eigenvalue weighted by atomic mass is 9.91. The van der Waals surface area contributed by atoms with Crippen LogP contribution in [0.2, 0.25) is 0 Å². The number of likely N-dealkylation sites (tertiary alicyclic amines) is 1. The van der Waals surface area contributed by atoms with Gasteiger partial charge in [0.15, 0.2) is 0 Å². The van der Waals surface area contributed by atoms with Gasteiger partial charge in [-0.25, -0.2) is 0 Å². The van der Waals surface area contributed by atoms with Gasteiger partial charge in [0, 0.05) is 18.7 Å². The quantitative estimate of drug-likeness (QED) is 0.894. The van der Waals surface area contributed by atoms with Crippen molar-refractivity contribution in [1.82, 2.24) is 10.2 Å². The van der Waals surface area contributed by atoms with Gasteiger partial charge in [0.2, 0.25) is 5.91 Å². The van der Waals surface area contributed by atoms with Gasteiger partial charge in [0.05, 0.1) is 18.6 Å². The summed E-state index contributed by atoms with van der Waals surface area (Å²) in [6.45, 7) is 8.89. The summed E-state index contributed by atoms with van der Waals surface area (Å²) >= 11 is 0. The fourth-order valence-electron chi connectivity index (χ4n) is 2.63. The Labute approximate surface area is 121 Å². The number of hydrogen-bond acceptors (Lipinski definition) is 3. The molecule has 1 aliphatic rings. The maximum absolute atomic E-state index is 12.3. The number of hydrogen-bond donors (Lipinski definition) is 1. The molecule has 0 bridgehead atoms. The molecule has 1 N–H and O–H groups in total. The summed E-state index contributed by atoms with van der Waals surface area (Å²) in [5.74, 6) is 1.05. The van der Waals surface area contributed by atoms with E-state index < -0.39 is 5.54 Å². The van der Waals surface area contributed by atoms with Crippen LogP contribution >= 0.6 is 0 Å². The third-order valence-corrected chi connectivity index (χ3v) is 3.99. The summed E-state index contributed by atoms with van der Waals surface area (Å²) in [5, 5.41) is 3.15. The molecule has 2 rings (SSSR count). The fraction of sp³-hybridized carbons (Fsp3) is 0.562. The minimum absolute atomic E-state index is 0.115. The molecule has 1 amide bonds. The topological polar surface area (TPSA) is 41.6 Å². The zero-order valence-electron chi connectivity index (χ0n) is 12.8. The lowest BCUT2D eigenvalue weighted by Crippen LogP contribution is -2.56. The molecular weight excluding hydrogens is 252 g/mol. The minimum atomic E-state index is -0.434. The molecule has 0 spiro atoms. The highest BCUT2D eigenvalue weighted by Crippen LogP contribution is 2.30. The standard InChI is InChI=1S/C16H24N2O2/c1-5-18-10-12(11-18)15(19)17-16(2,3)13-8-6-7-9-14(13)20-4/h6-9,12H,5,10-11H2,1-4H3,(H,17,19). The van der Waals surface area contributed by atoms with E-state index in [1.807, 2.05) is 38.1 Å². The first-order valence-corrected chi connectivity index (χ1v) is 7.15. The van der Waals surface area contributed by atoms with Gasteiger partial charge in [-0.2, -0.15) is 0 Å². The number of nitrogens with one attached hydrogen (secondary N) is 1. The van der Waals surface area contributed by atoms with Crippen LogP contribution in [0, 0.1) is 5.92 Å². The summed E-state index contributed by atoms with van der Waals surface area (Å²) in [7, 11) is 1.65. The summed E-state index contributed by atoms with van der Waals surface area (Å²) in [5.41, 5.74) is 0.568. The highest BCUT2D eigenvalue weighted by molar-refractivity contribution is 5.81. The number of amides is 1. The van der Waals surface area contributed by atoms with Crippen LogP contribution < -0.4 is 10.1 Å². The molecule has 4 heteroatoms. The fourth-order valence-corrected chi connectivity index (χ4v) is 2.63. The van der Waals surface area contributed by atoms with Crippen molar-refractivity contribution in [2.45, 2.75) is 26.3 Å². The van der Waals surface area contributed by atoms with Gasteiger partial charge < -0.3 is 15.0 Å². The highest BCUT2D eigenvalue weighted by Gasteiger charge is 2.35. The molecule has 0 saturated carbocycles. The molecule has 1 aliphatic heterocycles. The molecule has 20 heavy (non-hydrogen) atoms. The predicted octanol–water partition coefficient (Wildman–Crippen LogP) is 2.00. The van der Waals surface area contributed by atoms with E-state index in [1.54, 1.807) is 7.11 Å². The van der Waals surface area contributed by atoms with Gasteiger partial charge in [-0.15, -0.1) is 0 Å². The Hall–Kier alpha value is -1.55. The van der Waals surface area contributed by atoms with Crippen molar-refractivity contribution in [2.75, 3.05) is 26.7 Å². The largest absolute Gasteiger partial charge is 0.496 e. The second-order valence-electron chi connectivity index (χ2n) is 5.86. The van der Waals surface area contributed by atoms with Crippen molar-refractivity contribution in [3.8, 4) is 5.75 Å². The SMILES string of the molecule is CCN1CC(C(=O)NC(C)(C)c2ccccc2OC)C1. The average molecular weight is 276 g/mol. The van der Waals surface area contributed by atoms with E-state index in [2.05, 4.69) is 17.1 Å². The number of nitrogens with zero attached hydrogens (tertiary/aromatic N) is 1. The van der Waals surface area contributed by atoms with Crippen molar-refractivity contribution in [1.29, 1.82) is 0 Å². The number of carbonyl (C=O) groups is 1. The smallest absolute Gasteiger partial charge is 0.226 e. The summed E-state index contributed by atoms with van der Waals surface area (Å²) in [4.78, 5) is 14.6.